The summed E-state index contributed by atoms with van der Waals surface area (Å²) in [7, 11) is 0. The minimum absolute atomic E-state index is 0.108. The van der Waals surface area contributed by atoms with Crippen molar-refractivity contribution in [2.75, 3.05) is 11.9 Å². The number of benzene rings is 3. The second-order valence-corrected chi connectivity index (χ2v) is 9.20. The number of amides is 1. The average molecular weight is 586 g/mol. The van der Waals surface area contributed by atoms with Gasteiger partial charge in [-0.2, -0.15) is 13.2 Å². The van der Waals surface area contributed by atoms with Gasteiger partial charge in [0, 0.05) is 29.2 Å². The van der Waals surface area contributed by atoms with Crippen LogP contribution in [0.15, 0.2) is 72.8 Å². The summed E-state index contributed by atoms with van der Waals surface area (Å²) < 4.78 is 55.3. The number of hydrogen-bond donors (Lipinski definition) is 2. The van der Waals surface area contributed by atoms with Crippen molar-refractivity contribution in [3.8, 4) is 28.5 Å². The van der Waals surface area contributed by atoms with Gasteiger partial charge in [-0.15, -0.1) is 10.2 Å². The molecule has 0 aliphatic carbocycles. The van der Waals surface area contributed by atoms with Crippen molar-refractivity contribution < 1.29 is 42.1 Å². The van der Waals surface area contributed by atoms with Crippen LogP contribution in [0.4, 0.5) is 23.8 Å². The van der Waals surface area contributed by atoms with Crippen LogP contribution in [-0.4, -0.2) is 34.0 Å². The molecule has 0 saturated heterocycles. The van der Waals surface area contributed by atoms with Gasteiger partial charge in [-0.3, -0.25) is 4.79 Å². The molecular formula is C28H19ClF3N3O6. The molecule has 0 saturated carbocycles. The molecule has 1 atom stereocenters. The number of carbonyl (C=O) groups excluding carboxylic acids is 1. The van der Waals surface area contributed by atoms with E-state index in [-0.39, 0.29) is 40.0 Å². The Labute approximate surface area is 235 Å². The first-order valence-corrected chi connectivity index (χ1v) is 12.4. The summed E-state index contributed by atoms with van der Waals surface area (Å²) in [6.07, 6.45) is -6.24. The van der Waals surface area contributed by atoms with Crippen LogP contribution in [0.1, 0.15) is 34.0 Å². The molecule has 0 fully saturated rings. The molecule has 4 aromatic rings. The Morgan fingerprint density at radius 1 is 1.02 bits per heavy atom. The highest BCUT2D eigenvalue weighted by atomic mass is 35.5. The third-order valence-electron chi connectivity index (χ3n) is 6.03. The van der Waals surface area contributed by atoms with Crippen molar-refractivity contribution in [3.05, 3.63) is 94.5 Å². The van der Waals surface area contributed by atoms with E-state index in [0.717, 1.165) is 12.1 Å². The maximum Gasteiger partial charge on any atom is 0.506 e. The maximum absolute atomic E-state index is 13.0. The van der Waals surface area contributed by atoms with Crippen molar-refractivity contribution in [2.24, 2.45) is 0 Å². The Balaban J connectivity index is 1.24. The number of nitrogens with one attached hydrogen (secondary N) is 1. The van der Waals surface area contributed by atoms with Crippen LogP contribution in [-0.2, 0) is 10.9 Å². The van der Waals surface area contributed by atoms with Crippen molar-refractivity contribution >= 4 is 29.5 Å². The summed E-state index contributed by atoms with van der Waals surface area (Å²) in [4.78, 5) is 23.6. The number of carbonyl (C=O) groups is 2. The minimum Gasteiger partial charge on any atom is -0.493 e. The molecule has 2 N–H and O–H groups in total. The van der Waals surface area contributed by atoms with Crippen LogP contribution in [0.2, 0.25) is 5.02 Å². The maximum atomic E-state index is 13.0. The molecular weight excluding hydrogens is 567 g/mol. The number of anilines is 1. The molecule has 1 aromatic heterocycles. The number of aromatic nitrogens is 2. The predicted molar refractivity (Wildman–Crippen MR) is 140 cm³/mol. The Kier molecular flexibility index (Phi) is 7.66. The summed E-state index contributed by atoms with van der Waals surface area (Å²) >= 11 is 6.35. The summed E-state index contributed by atoms with van der Waals surface area (Å²) in [6.45, 7) is 0.258. The number of carboxylic acid groups (broad SMARTS) is 1. The van der Waals surface area contributed by atoms with Crippen LogP contribution in [0.3, 0.4) is 0 Å². The SMILES string of the molecule is O=C(O)OC1CCOc2cc(Oc3ccc(C(=O)Nc4ccc(-c5cccc(C(F)(F)F)c5)nn4)cc3)c(Cl)cc21. The Bertz CT molecular complexity index is 1600. The molecule has 1 amide bonds. The van der Waals surface area contributed by atoms with E-state index in [4.69, 9.17) is 30.9 Å². The van der Waals surface area contributed by atoms with Gasteiger partial charge in [-0.05, 0) is 54.6 Å². The third kappa shape index (κ3) is 6.49. The molecule has 0 bridgehead atoms. The minimum atomic E-state index is -4.48. The lowest BCUT2D eigenvalue weighted by atomic mass is 10.0. The lowest BCUT2D eigenvalue weighted by Gasteiger charge is -2.25. The van der Waals surface area contributed by atoms with Crippen molar-refractivity contribution in [1.29, 1.82) is 0 Å². The van der Waals surface area contributed by atoms with E-state index >= 15 is 0 Å². The largest absolute Gasteiger partial charge is 0.506 e. The van der Waals surface area contributed by atoms with Crippen LogP contribution in [0.25, 0.3) is 11.3 Å². The van der Waals surface area contributed by atoms with E-state index in [1.165, 1.54) is 48.5 Å². The lowest BCUT2D eigenvalue weighted by Crippen LogP contribution is -2.18. The Hall–Kier alpha value is -4.84. The van der Waals surface area contributed by atoms with E-state index in [1.54, 1.807) is 12.1 Å². The quantitative estimate of drug-likeness (QED) is 0.225. The number of halogens is 4. The fourth-order valence-corrected chi connectivity index (χ4v) is 4.29. The van der Waals surface area contributed by atoms with Gasteiger partial charge < -0.3 is 24.6 Å². The molecule has 2 heterocycles. The molecule has 210 valence electrons. The van der Waals surface area contributed by atoms with E-state index in [2.05, 4.69) is 15.5 Å². The van der Waals surface area contributed by atoms with Crippen LogP contribution in [0.5, 0.6) is 17.2 Å². The Morgan fingerprint density at radius 2 is 1.80 bits per heavy atom. The zero-order chi connectivity index (χ0) is 29.1. The normalized spacial score (nSPS) is 14.4. The fraction of sp³-hybridized carbons (Fsp3) is 0.143. The zero-order valence-corrected chi connectivity index (χ0v) is 21.6. The molecule has 13 heteroatoms. The highest BCUT2D eigenvalue weighted by Crippen LogP contribution is 2.42. The topological polar surface area (TPSA) is 120 Å². The fourth-order valence-electron chi connectivity index (χ4n) is 4.08. The summed E-state index contributed by atoms with van der Waals surface area (Å²) in [5.74, 6) is 0.620. The van der Waals surface area contributed by atoms with Gasteiger partial charge in [0.05, 0.1) is 22.9 Å². The first-order chi connectivity index (χ1) is 19.6. The summed E-state index contributed by atoms with van der Waals surface area (Å²) in [5.41, 5.74) is 0.415. The van der Waals surface area contributed by atoms with Gasteiger partial charge in [-0.1, -0.05) is 23.7 Å². The average Bonchev–Trinajstić information content (AvgIpc) is 2.94. The van der Waals surface area contributed by atoms with Crippen LogP contribution in [0, 0.1) is 0 Å². The lowest BCUT2D eigenvalue weighted by molar-refractivity contribution is -0.137. The van der Waals surface area contributed by atoms with Gasteiger partial charge in [0.1, 0.15) is 23.4 Å². The second-order valence-electron chi connectivity index (χ2n) is 8.79. The number of ether oxygens (including phenoxy) is 3. The van der Waals surface area contributed by atoms with Gasteiger partial charge in [0.2, 0.25) is 0 Å². The van der Waals surface area contributed by atoms with Crippen molar-refractivity contribution in [3.63, 3.8) is 0 Å². The molecule has 1 aliphatic rings. The smallest absolute Gasteiger partial charge is 0.493 e. The van der Waals surface area contributed by atoms with Gasteiger partial charge >= 0.3 is 12.3 Å². The van der Waals surface area contributed by atoms with Crippen molar-refractivity contribution in [1.82, 2.24) is 10.2 Å². The first kappa shape index (κ1) is 27.7. The molecule has 1 unspecified atom stereocenters. The summed E-state index contributed by atoms with van der Waals surface area (Å²) in [5, 5.41) is 19.6. The monoisotopic (exact) mass is 585 g/mol. The number of fused-ring (bicyclic) bond motifs is 1. The summed E-state index contributed by atoms with van der Waals surface area (Å²) in [6, 6.07) is 16.8. The number of rotatable bonds is 6. The highest BCUT2D eigenvalue weighted by Gasteiger charge is 2.30. The molecule has 0 spiro atoms. The van der Waals surface area contributed by atoms with E-state index in [1.807, 2.05) is 0 Å². The molecule has 1 aliphatic heterocycles. The molecule has 9 nitrogen and oxygen atoms in total. The van der Waals surface area contributed by atoms with E-state index in [9.17, 15) is 22.8 Å². The molecule has 5 rings (SSSR count). The number of nitrogens with zero attached hydrogens (tertiary/aromatic N) is 2. The van der Waals surface area contributed by atoms with Gasteiger partial charge in [-0.25, -0.2) is 4.79 Å². The predicted octanol–water partition coefficient (Wildman–Crippen LogP) is 7.38. The number of alkyl halides is 3. The van der Waals surface area contributed by atoms with Gasteiger partial charge in [0.25, 0.3) is 5.91 Å². The van der Waals surface area contributed by atoms with Crippen LogP contribution < -0.4 is 14.8 Å². The van der Waals surface area contributed by atoms with Crippen LogP contribution >= 0.6 is 11.6 Å². The second kappa shape index (κ2) is 11.3. The van der Waals surface area contributed by atoms with Crippen molar-refractivity contribution in [2.45, 2.75) is 18.7 Å². The van der Waals surface area contributed by atoms with E-state index in [0.29, 0.717) is 23.5 Å². The zero-order valence-electron chi connectivity index (χ0n) is 20.8. The molecule has 3 aromatic carbocycles. The highest BCUT2D eigenvalue weighted by molar-refractivity contribution is 6.32. The molecule has 0 radical (unpaired) electrons. The Morgan fingerprint density at radius 3 is 2.49 bits per heavy atom. The molecule has 41 heavy (non-hydrogen) atoms. The van der Waals surface area contributed by atoms with E-state index < -0.39 is 29.9 Å². The first-order valence-electron chi connectivity index (χ1n) is 12.0. The number of hydrogen-bond acceptors (Lipinski definition) is 7. The standard InChI is InChI=1S/C28H19ClF3N3O6/c29-20-13-19-22(41-27(37)38)10-11-39-23(19)14-24(20)40-18-6-4-15(5-7-18)26(36)33-25-9-8-21(34-35-25)16-2-1-3-17(12-16)28(30,31)32/h1-9,12-14,22H,10-11H2,(H,37,38)(H,33,35,36). The van der Waals surface area contributed by atoms with Gasteiger partial charge in [0.15, 0.2) is 5.82 Å². The third-order valence-corrected chi connectivity index (χ3v) is 6.32.